The molecule has 0 spiro atoms. The zero-order valence-corrected chi connectivity index (χ0v) is 32.2. The Kier molecular flexibility index (Phi) is 12.2. The number of hydrogen-bond acceptors (Lipinski definition) is 3. The molecular formula is C42H46F3IrN2O2-. The van der Waals surface area contributed by atoms with Crippen LogP contribution in [-0.4, -0.2) is 20.3 Å². The summed E-state index contributed by atoms with van der Waals surface area (Å²) in [7, 11) is 0. The average molecular weight is 860 g/mol. The van der Waals surface area contributed by atoms with Gasteiger partial charge in [0.05, 0.1) is 16.8 Å². The van der Waals surface area contributed by atoms with Gasteiger partial charge in [0.15, 0.2) is 5.78 Å². The molecule has 0 bridgehead atoms. The molecule has 1 N–H and O–H groups in total. The second-order valence-electron chi connectivity index (χ2n) is 14.2. The molecule has 8 heteroatoms. The van der Waals surface area contributed by atoms with Crippen LogP contribution in [0.5, 0.6) is 0 Å². The molecule has 6 aromatic rings. The van der Waals surface area contributed by atoms with Crippen molar-refractivity contribution in [3.63, 3.8) is 0 Å². The summed E-state index contributed by atoms with van der Waals surface area (Å²) in [5.74, 6) is 0.547. The van der Waals surface area contributed by atoms with Crippen LogP contribution >= 0.6 is 0 Å². The number of carbonyl (C=O) groups excluding carboxylic acids is 1. The molecule has 4 nitrogen and oxygen atoms in total. The summed E-state index contributed by atoms with van der Waals surface area (Å²) < 4.78 is 42.9. The first kappa shape index (κ1) is 39.1. The van der Waals surface area contributed by atoms with E-state index in [0.29, 0.717) is 11.0 Å². The molecule has 50 heavy (non-hydrogen) atoms. The number of hydrogen-bond donors (Lipinski definition) is 1. The van der Waals surface area contributed by atoms with E-state index in [2.05, 4.69) is 62.2 Å². The second kappa shape index (κ2) is 15.7. The molecule has 0 unspecified atom stereocenters. The predicted octanol–water partition coefficient (Wildman–Crippen LogP) is 12.2. The third kappa shape index (κ3) is 8.24. The van der Waals surface area contributed by atoms with Gasteiger partial charge in [-0.15, -0.1) is 23.6 Å². The van der Waals surface area contributed by atoms with Crippen LogP contribution in [0.1, 0.15) is 85.3 Å². The Hall–Kier alpha value is -3.74. The predicted molar refractivity (Wildman–Crippen MR) is 196 cm³/mol. The summed E-state index contributed by atoms with van der Waals surface area (Å²) in [6.07, 6.45) is 2.22. The Morgan fingerprint density at radius 2 is 1.52 bits per heavy atom. The minimum Gasteiger partial charge on any atom is -0.512 e. The number of fused-ring (bicyclic) bond motifs is 9. The van der Waals surface area contributed by atoms with E-state index in [1.54, 1.807) is 0 Å². The molecule has 3 heterocycles. The van der Waals surface area contributed by atoms with Crippen molar-refractivity contribution in [2.24, 2.45) is 17.3 Å². The molecule has 0 fully saturated rings. The minimum atomic E-state index is -4.48. The Morgan fingerprint density at radius 1 is 0.860 bits per heavy atom. The largest absolute Gasteiger partial charge is 0.512 e. The van der Waals surface area contributed by atoms with Gasteiger partial charge in [0.2, 0.25) is 0 Å². The molecule has 6 rings (SSSR count). The number of rotatable bonds is 8. The van der Waals surface area contributed by atoms with E-state index in [4.69, 9.17) is 0 Å². The van der Waals surface area contributed by atoms with Crippen LogP contribution < -0.4 is 0 Å². The van der Waals surface area contributed by atoms with Crippen LogP contribution in [0.2, 0.25) is 0 Å². The molecule has 3 aromatic heterocycles. The number of benzene rings is 3. The zero-order chi connectivity index (χ0) is 35.7. The molecule has 0 amide bonds. The van der Waals surface area contributed by atoms with E-state index in [1.807, 2.05) is 56.4 Å². The number of nitrogens with zero attached hydrogens (tertiary/aromatic N) is 2. The monoisotopic (exact) mass is 860 g/mol. The van der Waals surface area contributed by atoms with E-state index < -0.39 is 11.7 Å². The molecule has 267 valence electrons. The van der Waals surface area contributed by atoms with E-state index >= 15 is 0 Å². The fraction of sp³-hybridized carbons (Fsp3) is 0.381. The van der Waals surface area contributed by atoms with Gasteiger partial charge >= 0.3 is 6.18 Å². The van der Waals surface area contributed by atoms with Gasteiger partial charge in [-0.3, -0.25) is 9.78 Å². The molecule has 0 atom stereocenters. The number of aliphatic hydroxyl groups is 1. The van der Waals surface area contributed by atoms with E-state index in [1.165, 1.54) is 12.1 Å². The van der Waals surface area contributed by atoms with Crippen molar-refractivity contribution in [3.05, 3.63) is 95.9 Å². The van der Waals surface area contributed by atoms with Gasteiger partial charge in [-0.05, 0) is 66.7 Å². The molecule has 1 radical (unpaired) electrons. The molecule has 3 aromatic carbocycles. The fourth-order valence-corrected chi connectivity index (χ4v) is 6.73. The molecule has 0 aliphatic heterocycles. The Bertz CT molecular complexity index is 2170. The third-order valence-electron chi connectivity index (χ3n) is 9.42. The van der Waals surface area contributed by atoms with Crippen molar-refractivity contribution in [2.75, 3.05) is 0 Å². The average Bonchev–Trinajstić information content (AvgIpc) is 3.43. The van der Waals surface area contributed by atoms with Crippen LogP contribution in [0.3, 0.4) is 0 Å². The first-order valence-corrected chi connectivity index (χ1v) is 17.3. The normalized spacial score (nSPS) is 12.7. The summed E-state index contributed by atoms with van der Waals surface area (Å²) in [5, 5.41) is 14.3. The standard InChI is InChI=1S/C29H22F3N2.C13H24O2.Ir/c1-28(2,3)15-17-8-9-20-13-25-22-11-18-6-4-5-7-19(18)12-23(22)27-26(34(25)24(20)10-17)14-21(16-33-27)29(30,31)32;1-5-10(6-2)12(14)9-13(15)11(7-3)8-4;/h4-11,13-14,16H,15H2,1-3H3;9-11,14H,5-8H2,1-4H3;/q-1;;/b;12-9-;. The molecule has 0 saturated carbocycles. The van der Waals surface area contributed by atoms with Crippen LogP contribution in [0.4, 0.5) is 13.2 Å². The van der Waals surface area contributed by atoms with Crippen molar-refractivity contribution in [2.45, 2.75) is 86.7 Å². The van der Waals surface area contributed by atoms with Gasteiger partial charge in [-0.1, -0.05) is 95.0 Å². The van der Waals surface area contributed by atoms with Crippen molar-refractivity contribution in [1.29, 1.82) is 0 Å². The number of carbonyl (C=O) groups is 1. The van der Waals surface area contributed by atoms with Gasteiger partial charge in [0, 0.05) is 60.8 Å². The van der Waals surface area contributed by atoms with Crippen LogP contribution in [0.25, 0.3) is 49.0 Å². The van der Waals surface area contributed by atoms with Gasteiger partial charge in [-0.2, -0.15) is 13.2 Å². The number of pyridine rings is 2. The molecular weight excluding hydrogens is 814 g/mol. The Morgan fingerprint density at radius 3 is 2.14 bits per heavy atom. The topological polar surface area (TPSA) is 54.6 Å². The summed E-state index contributed by atoms with van der Waals surface area (Å²) in [6, 6.07) is 23.0. The SMILES string of the molecule is CC(C)(C)Cc1ccc2cc3c4cc5ccccc5[c-]c4c4ncc(C(F)(F)F)cc4n3c2c1.CCC(CC)C(=O)/C=C(\O)C(CC)CC.[Ir]. The Labute approximate surface area is 306 Å². The van der Waals surface area contributed by atoms with Gasteiger partial charge < -0.3 is 9.51 Å². The van der Waals surface area contributed by atoms with Gasteiger partial charge in [-0.25, -0.2) is 0 Å². The van der Waals surface area contributed by atoms with Crippen molar-refractivity contribution >= 4 is 54.8 Å². The number of allylic oxidation sites excluding steroid dienone is 2. The quantitative estimate of drug-likeness (QED) is 0.0545. The van der Waals surface area contributed by atoms with Crippen molar-refractivity contribution < 1.29 is 43.2 Å². The maximum atomic E-state index is 13.7. The molecule has 0 aliphatic rings. The number of aliphatic hydroxyl groups excluding tert-OH is 1. The number of halogens is 3. The van der Waals surface area contributed by atoms with Gasteiger partial charge in [0.25, 0.3) is 0 Å². The molecule has 0 saturated heterocycles. The van der Waals surface area contributed by atoms with Gasteiger partial charge in [0.1, 0.15) is 0 Å². The first-order chi connectivity index (χ1) is 23.2. The maximum absolute atomic E-state index is 13.7. The smallest absolute Gasteiger partial charge is 0.417 e. The Balaban J connectivity index is 0.000000301. The summed E-state index contributed by atoms with van der Waals surface area (Å²) >= 11 is 0. The maximum Gasteiger partial charge on any atom is 0.417 e. The van der Waals surface area contributed by atoms with Crippen LogP contribution in [-0.2, 0) is 37.5 Å². The minimum absolute atomic E-state index is 0. The van der Waals surface area contributed by atoms with Crippen molar-refractivity contribution in [3.8, 4) is 0 Å². The summed E-state index contributed by atoms with van der Waals surface area (Å²) in [4.78, 5) is 16.0. The van der Waals surface area contributed by atoms with Crippen molar-refractivity contribution in [1.82, 2.24) is 9.38 Å². The van der Waals surface area contributed by atoms with Crippen LogP contribution in [0.15, 0.2) is 78.7 Å². The van der Waals surface area contributed by atoms with Crippen LogP contribution in [0, 0.1) is 23.3 Å². The van der Waals surface area contributed by atoms with E-state index in [-0.39, 0.29) is 48.9 Å². The fourth-order valence-electron chi connectivity index (χ4n) is 6.73. The number of alkyl halides is 3. The second-order valence-corrected chi connectivity index (χ2v) is 14.2. The van der Waals surface area contributed by atoms with E-state index in [9.17, 15) is 23.1 Å². The summed E-state index contributed by atoms with van der Waals surface area (Å²) in [5.41, 5.74) is 3.18. The molecule has 0 aliphatic carbocycles. The zero-order valence-electron chi connectivity index (χ0n) is 29.8. The summed E-state index contributed by atoms with van der Waals surface area (Å²) in [6.45, 7) is 14.6. The number of aromatic nitrogens is 2. The van der Waals surface area contributed by atoms with E-state index in [0.717, 1.165) is 81.8 Å². The first-order valence-electron chi connectivity index (χ1n) is 17.3. The third-order valence-corrected chi connectivity index (χ3v) is 9.42. The number of ketones is 1.